The Morgan fingerprint density at radius 1 is 1.56 bits per heavy atom. The fourth-order valence-corrected chi connectivity index (χ4v) is 2.47. The van der Waals surface area contributed by atoms with Gasteiger partial charge in [0.2, 0.25) is 0 Å². The highest BCUT2D eigenvalue weighted by Crippen LogP contribution is 2.29. The second-order valence-electron chi connectivity index (χ2n) is 3.03. The summed E-state index contributed by atoms with van der Waals surface area (Å²) in [6, 6.07) is 5.49. The van der Waals surface area contributed by atoms with E-state index in [0.29, 0.717) is 23.6 Å². The van der Waals surface area contributed by atoms with Gasteiger partial charge in [0.25, 0.3) is 0 Å². The van der Waals surface area contributed by atoms with Crippen molar-refractivity contribution in [1.29, 1.82) is 5.26 Å². The van der Waals surface area contributed by atoms with Gasteiger partial charge in [-0.25, -0.2) is 0 Å². The van der Waals surface area contributed by atoms with E-state index in [4.69, 9.17) is 15.7 Å². The Labute approximate surface area is 113 Å². The van der Waals surface area contributed by atoms with E-state index in [1.165, 1.54) is 0 Å². The molecule has 0 fully saturated rings. The number of anilines is 1. The van der Waals surface area contributed by atoms with Crippen LogP contribution in [0.5, 0.6) is 5.75 Å². The maximum atomic E-state index is 8.77. The SMILES string of the molecule is CCSCCOc1c(N)cc(C#N)cc1I. The quantitative estimate of drug-likeness (QED) is 0.505. The average Bonchev–Trinajstić information content (AvgIpc) is 2.26. The fraction of sp³-hybridized carbons (Fsp3) is 0.364. The van der Waals surface area contributed by atoms with E-state index in [9.17, 15) is 0 Å². The van der Waals surface area contributed by atoms with Crippen molar-refractivity contribution >= 4 is 40.0 Å². The Bertz CT molecular complexity index is 380. The summed E-state index contributed by atoms with van der Waals surface area (Å²) in [7, 11) is 0. The molecule has 0 aliphatic carbocycles. The molecule has 0 heterocycles. The first kappa shape index (κ1) is 13.5. The number of hydrogen-bond acceptors (Lipinski definition) is 4. The van der Waals surface area contributed by atoms with Crippen LogP contribution in [0, 0.1) is 14.9 Å². The van der Waals surface area contributed by atoms with Crippen LogP contribution in [0.1, 0.15) is 12.5 Å². The van der Waals surface area contributed by atoms with Crippen LogP contribution >= 0.6 is 34.4 Å². The van der Waals surface area contributed by atoms with Crippen LogP contribution in [0.4, 0.5) is 5.69 Å². The molecule has 3 nitrogen and oxygen atoms in total. The van der Waals surface area contributed by atoms with Crippen molar-refractivity contribution < 1.29 is 4.74 Å². The Morgan fingerprint density at radius 3 is 2.88 bits per heavy atom. The monoisotopic (exact) mass is 348 g/mol. The molecule has 0 aliphatic heterocycles. The summed E-state index contributed by atoms with van der Waals surface area (Å²) in [6.45, 7) is 2.76. The zero-order valence-electron chi connectivity index (χ0n) is 9.00. The molecule has 1 aromatic rings. The molecule has 0 saturated heterocycles. The molecular formula is C11H13IN2OS. The predicted molar refractivity (Wildman–Crippen MR) is 76.8 cm³/mol. The number of nitrogen functional groups attached to an aromatic ring is 1. The average molecular weight is 348 g/mol. The van der Waals surface area contributed by atoms with Gasteiger partial charge in [-0.2, -0.15) is 17.0 Å². The lowest BCUT2D eigenvalue weighted by Gasteiger charge is -2.10. The van der Waals surface area contributed by atoms with Gasteiger partial charge in [0.15, 0.2) is 5.75 Å². The van der Waals surface area contributed by atoms with Crippen molar-refractivity contribution in [3.8, 4) is 11.8 Å². The van der Waals surface area contributed by atoms with Crippen LogP contribution in [-0.4, -0.2) is 18.1 Å². The van der Waals surface area contributed by atoms with Crippen molar-refractivity contribution in [1.82, 2.24) is 0 Å². The number of nitriles is 1. The maximum absolute atomic E-state index is 8.77. The number of ether oxygens (including phenoxy) is 1. The van der Waals surface area contributed by atoms with Gasteiger partial charge in [-0.15, -0.1) is 0 Å². The number of hydrogen-bond donors (Lipinski definition) is 1. The third-order valence-corrected chi connectivity index (χ3v) is 3.54. The van der Waals surface area contributed by atoms with Gasteiger partial charge >= 0.3 is 0 Å². The highest BCUT2D eigenvalue weighted by atomic mass is 127. The van der Waals surface area contributed by atoms with Crippen molar-refractivity contribution in [3.63, 3.8) is 0 Å². The Balaban J connectivity index is 2.70. The highest BCUT2D eigenvalue weighted by molar-refractivity contribution is 14.1. The number of rotatable bonds is 5. The van der Waals surface area contributed by atoms with E-state index in [1.54, 1.807) is 12.1 Å². The van der Waals surface area contributed by atoms with E-state index in [2.05, 4.69) is 35.6 Å². The summed E-state index contributed by atoms with van der Waals surface area (Å²) < 4.78 is 6.49. The smallest absolute Gasteiger partial charge is 0.155 e. The third kappa shape index (κ3) is 3.76. The molecule has 0 spiro atoms. The highest BCUT2D eigenvalue weighted by Gasteiger charge is 2.08. The number of thioether (sulfide) groups is 1. The third-order valence-electron chi connectivity index (χ3n) is 1.88. The summed E-state index contributed by atoms with van der Waals surface area (Å²) in [5, 5.41) is 8.77. The van der Waals surface area contributed by atoms with E-state index < -0.39 is 0 Å². The van der Waals surface area contributed by atoms with Gasteiger partial charge in [-0.3, -0.25) is 0 Å². The molecule has 0 amide bonds. The second-order valence-corrected chi connectivity index (χ2v) is 5.59. The van der Waals surface area contributed by atoms with Gasteiger partial charge in [-0.05, 0) is 40.5 Å². The zero-order chi connectivity index (χ0) is 12.0. The lowest BCUT2D eigenvalue weighted by molar-refractivity contribution is 0.343. The molecule has 0 aliphatic rings. The molecule has 0 atom stereocenters. The molecule has 2 N–H and O–H groups in total. The van der Waals surface area contributed by atoms with Crippen LogP contribution in [0.2, 0.25) is 0 Å². The number of nitrogens with zero attached hydrogens (tertiary/aromatic N) is 1. The van der Waals surface area contributed by atoms with E-state index in [-0.39, 0.29) is 0 Å². The van der Waals surface area contributed by atoms with Crippen LogP contribution in [0.3, 0.4) is 0 Å². The van der Waals surface area contributed by atoms with Gasteiger partial charge in [0.05, 0.1) is 27.5 Å². The van der Waals surface area contributed by atoms with Crippen LogP contribution in [0.15, 0.2) is 12.1 Å². The molecular weight excluding hydrogens is 335 g/mol. The Hall–Kier alpha value is -0.610. The molecule has 0 unspecified atom stereocenters. The topological polar surface area (TPSA) is 59.0 Å². The normalized spacial score (nSPS) is 9.81. The predicted octanol–water partition coefficient (Wildman–Crippen LogP) is 2.88. The van der Waals surface area contributed by atoms with Gasteiger partial charge in [-0.1, -0.05) is 6.92 Å². The number of benzene rings is 1. The number of halogens is 1. The summed E-state index contributed by atoms with van der Waals surface area (Å²) in [5.41, 5.74) is 6.92. The standard InChI is InChI=1S/C11H13IN2OS/c1-2-16-4-3-15-11-9(12)5-8(7-13)6-10(11)14/h5-6H,2-4,14H2,1H3. The van der Waals surface area contributed by atoms with Crippen LogP contribution in [-0.2, 0) is 0 Å². The fourth-order valence-electron chi connectivity index (χ4n) is 1.18. The second kappa shape index (κ2) is 6.86. The first-order valence-electron chi connectivity index (χ1n) is 4.88. The zero-order valence-corrected chi connectivity index (χ0v) is 12.0. The van der Waals surface area contributed by atoms with Gasteiger partial charge < -0.3 is 10.5 Å². The Kier molecular flexibility index (Phi) is 5.77. The molecule has 0 saturated carbocycles. The van der Waals surface area contributed by atoms with Crippen molar-refractivity contribution in [3.05, 3.63) is 21.3 Å². The van der Waals surface area contributed by atoms with Crippen molar-refractivity contribution in [2.45, 2.75) is 6.92 Å². The van der Waals surface area contributed by atoms with E-state index in [0.717, 1.165) is 15.1 Å². The first-order chi connectivity index (χ1) is 7.69. The summed E-state index contributed by atoms with van der Waals surface area (Å²) >= 11 is 3.96. The molecule has 0 aromatic heterocycles. The van der Waals surface area contributed by atoms with Crippen molar-refractivity contribution in [2.75, 3.05) is 23.8 Å². The minimum Gasteiger partial charge on any atom is -0.489 e. The molecule has 1 aromatic carbocycles. The summed E-state index contributed by atoms with van der Waals surface area (Å²) in [4.78, 5) is 0. The molecule has 16 heavy (non-hydrogen) atoms. The lowest BCUT2D eigenvalue weighted by atomic mass is 10.2. The number of nitrogens with two attached hydrogens (primary N) is 1. The molecule has 0 bridgehead atoms. The summed E-state index contributed by atoms with van der Waals surface area (Å²) in [5.74, 6) is 2.73. The first-order valence-corrected chi connectivity index (χ1v) is 7.12. The minimum absolute atomic E-state index is 0.532. The van der Waals surface area contributed by atoms with Gasteiger partial charge in [0, 0.05) is 5.75 Å². The van der Waals surface area contributed by atoms with Crippen molar-refractivity contribution in [2.24, 2.45) is 0 Å². The van der Waals surface area contributed by atoms with Crippen LogP contribution in [0.25, 0.3) is 0 Å². The Morgan fingerprint density at radius 2 is 2.31 bits per heavy atom. The maximum Gasteiger partial charge on any atom is 0.155 e. The minimum atomic E-state index is 0.532. The summed E-state index contributed by atoms with van der Waals surface area (Å²) in [6.07, 6.45) is 0. The molecule has 0 radical (unpaired) electrons. The lowest BCUT2D eigenvalue weighted by Crippen LogP contribution is -2.04. The molecule has 86 valence electrons. The van der Waals surface area contributed by atoms with Crippen LogP contribution < -0.4 is 10.5 Å². The molecule has 5 heteroatoms. The van der Waals surface area contributed by atoms with E-state index >= 15 is 0 Å². The largest absolute Gasteiger partial charge is 0.489 e. The molecule has 1 rings (SSSR count). The van der Waals surface area contributed by atoms with E-state index in [1.807, 2.05) is 11.8 Å². The van der Waals surface area contributed by atoms with Gasteiger partial charge in [0.1, 0.15) is 0 Å².